The fraction of sp³-hybridized carbons (Fsp3) is 0.967. The first-order valence-corrected chi connectivity index (χ1v) is 14.4. The Balaban J connectivity index is 1.15. The highest BCUT2D eigenvalue weighted by Gasteiger charge is 2.84. The van der Waals surface area contributed by atoms with Gasteiger partial charge in [0.25, 0.3) is 0 Å². The predicted molar refractivity (Wildman–Crippen MR) is 128 cm³/mol. The lowest BCUT2D eigenvalue weighted by molar-refractivity contribution is -0.344. The summed E-state index contributed by atoms with van der Waals surface area (Å²) < 4.78 is 19.2. The maximum Gasteiger partial charge on any atom is 0.201 e. The Bertz CT molecular complexity index is 963. The number of aliphatic hydroxyl groups excluding tert-OH is 1. The summed E-state index contributed by atoms with van der Waals surface area (Å²) in [7, 11) is 0. The number of epoxide rings is 1. The smallest absolute Gasteiger partial charge is 0.201 e. The summed E-state index contributed by atoms with van der Waals surface area (Å²) in [6.45, 7) is 14.8. The van der Waals surface area contributed by atoms with Crippen molar-refractivity contribution < 1.29 is 19.3 Å². The third kappa shape index (κ3) is 2.07. The number of fused-ring (bicyclic) bond motifs is 6. The van der Waals surface area contributed by atoms with E-state index in [1.165, 1.54) is 44.9 Å². The fourth-order valence-electron chi connectivity index (χ4n) is 12.8. The summed E-state index contributed by atoms with van der Waals surface area (Å²) in [5.74, 6) is 2.08. The highest BCUT2D eigenvalue weighted by atomic mass is 16.8. The third-order valence-corrected chi connectivity index (χ3v) is 14.3. The minimum Gasteiger partial charge on any atom is -0.365 e. The van der Waals surface area contributed by atoms with Gasteiger partial charge in [-0.05, 0) is 115 Å². The van der Waals surface area contributed by atoms with E-state index in [1.54, 1.807) is 0 Å². The van der Waals surface area contributed by atoms with E-state index in [1.807, 2.05) is 6.92 Å². The van der Waals surface area contributed by atoms with Crippen LogP contribution in [-0.4, -0.2) is 35.0 Å². The number of ether oxygens (including phenoxy) is 3. The van der Waals surface area contributed by atoms with Crippen molar-refractivity contribution in [1.29, 1.82) is 0 Å². The molecule has 5 aliphatic carbocycles. The molecule has 13 atom stereocenters. The van der Waals surface area contributed by atoms with Crippen molar-refractivity contribution >= 4 is 0 Å². The molecular formula is C30H45O4. The standard InChI is InChI=1S/C30H45O4/c1-17-14-30(22-27(6,33-22)23(31)34-30)32-18-15-26(5)20-9-8-19-24(2,3)10-7-11-28(19)16-29(20,28)13-12-25(26,4)21(17)18/h10,17-23,31H,7-9,11-16H2,1-6H3/t17-,18?,19?,20+,21+,22?,23?,25-,26+,27?,28-,29?,30?/m1/s1. The van der Waals surface area contributed by atoms with Gasteiger partial charge in [-0.3, -0.25) is 0 Å². The Labute approximate surface area is 205 Å². The molecule has 0 aromatic carbocycles. The van der Waals surface area contributed by atoms with E-state index in [-0.39, 0.29) is 12.2 Å². The third-order valence-electron chi connectivity index (χ3n) is 14.3. The molecule has 0 aromatic heterocycles. The summed E-state index contributed by atoms with van der Waals surface area (Å²) in [4.78, 5) is 0. The highest BCUT2D eigenvalue weighted by Crippen LogP contribution is 2.89. The molecule has 0 bridgehead atoms. The van der Waals surface area contributed by atoms with Crippen LogP contribution in [-0.2, 0) is 14.2 Å². The van der Waals surface area contributed by atoms with Crippen LogP contribution in [0.4, 0.5) is 0 Å². The topological polar surface area (TPSA) is 51.2 Å². The minimum absolute atomic E-state index is 0.115. The molecule has 34 heavy (non-hydrogen) atoms. The molecular weight excluding hydrogens is 424 g/mol. The van der Waals surface area contributed by atoms with E-state index in [4.69, 9.17) is 14.2 Å². The second kappa shape index (κ2) is 5.79. The molecule has 7 unspecified atom stereocenters. The van der Waals surface area contributed by atoms with Crippen molar-refractivity contribution in [3.8, 4) is 0 Å². The number of rotatable bonds is 0. The molecule has 3 heterocycles. The molecule has 8 rings (SSSR count). The van der Waals surface area contributed by atoms with Gasteiger partial charge in [-0.1, -0.05) is 34.6 Å². The van der Waals surface area contributed by atoms with Crippen molar-refractivity contribution in [2.75, 3.05) is 0 Å². The van der Waals surface area contributed by atoms with Gasteiger partial charge in [0.05, 0.1) is 6.10 Å². The second-order valence-electron chi connectivity index (χ2n) is 15.6. The largest absolute Gasteiger partial charge is 0.365 e. The molecule has 3 saturated heterocycles. The zero-order chi connectivity index (χ0) is 23.7. The van der Waals surface area contributed by atoms with Gasteiger partial charge < -0.3 is 19.3 Å². The van der Waals surface area contributed by atoms with E-state index in [0.29, 0.717) is 38.9 Å². The Morgan fingerprint density at radius 1 is 0.824 bits per heavy atom. The van der Waals surface area contributed by atoms with E-state index in [0.717, 1.165) is 24.7 Å². The Hall–Kier alpha value is -0.160. The highest BCUT2D eigenvalue weighted by molar-refractivity contribution is 5.32. The van der Waals surface area contributed by atoms with Crippen LogP contribution >= 0.6 is 0 Å². The van der Waals surface area contributed by atoms with Crippen LogP contribution in [0.3, 0.4) is 0 Å². The molecule has 0 aromatic rings. The first-order chi connectivity index (χ1) is 15.9. The van der Waals surface area contributed by atoms with Gasteiger partial charge in [0.2, 0.25) is 5.79 Å². The van der Waals surface area contributed by atoms with E-state index in [9.17, 15) is 5.11 Å². The normalized spacial score (nSPS) is 68.7. The Morgan fingerprint density at radius 3 is 2.26 bits per heavy atom. The summed E-state index contributed by atoms with van der Waals surface area (Å²) in [6, 6.07) is 0. The SMILES string of the molecule is C[C@@H]1CC2(OC3C[C@@]4(C)[C@@H]5CCC6C(C)(C)[CH]CC[C@@]67CC57CC[C@]4(C)[C@H]31)OC(O)C1(C)OC21. The lowest BCUT2D eigenvalue weighted by atomic mass is 9.42. The van der Waals surface area contributed by atoms with Gasteiger partial charge in [-0.2, -0.15) is 0 Å². The summed E-state index contributed by atoms with van der Waals surface area (Å²) in [6.07, 6.45) is 13.8. The van der Waals surface area contributed by atoms with Gasteiger partial charge in [0.1, 0.15) is 11.7 Å². The molecule has 4 heteroatoms. The molecule has 8 fully saturated rings. The molecule has 4 nitrogen and oxygen atoms in total. The number of hydrogen-bond donors (Lipinski definition) is 1. The minimum atomic E-state index is -0.868. The summed E-state index contributed by atoms with van der Waals surface area (Å²) >= 11 is 0. The van der Waals surface area contributed by atoms with Crippen LogP contribution in [0.15, 0.2) is 0 Å². The summed E-state index contributed by atoms with van der Waals surface area (Å²) in [5, 5.41) is 10.6. The van der Waals surface area contributed by atoms with Crippen molar-refractivity contribution in [2.24, 2.45) is 50.7 Å². The van der Waals surface area contributed by atoms with Crippen molar-refractivity contribution in [2.45, 2.75) is 129 Å². The van der Waals surface area contributed by atoms with Gasteiger partial charge in [0, 0.05) is 6.42 Å². The Morgan fingerprint density at radius 2 is 1.56 bits per heavy atom. The maximum atomic E-state index is 10.6. The molecule has 8 aliphatic rings. The van der Waals surface area contributed by atoms with Gasteiger partial charge in [-0.25, -0.2) is 0 Å². The van der Waals surface area contributed by atoms with Crippen LogP contribution in [0, 0.1) is 57.2 Å². The molecule has 5 saturated carbocycles. The van der Waals surface area contributed by atoms with E-state index >= 15 is 0 Å². The zero-order valence-electron chi connectivity index (χ0n) is 22.2. The average molecular weight is 470 g/mol. The fourth-order valence-corrected chi connectivity index (χ4v) is 12.8. The second-order valence-corrected chi connectivity index (χ2v) is 15.6. The molecule has 1 radical (unpaired) electrons. The molecule has 3 aliphatic heterocycles. The zero-order valence-corrected chi connectivity index (χ0v) is 22.2. The first kappa shape index (κ1) is 21.9. The van der Waals surface area contributed by atoms with Crippen molar-refractivity contribution in [3.63, 3.8) is 0 Å². The number of hydrogen-bond acceptors (Lipinski definition) is 4. The molecule has 0 amide bonds. The lowest BCUT2D eigenvalue weighted by Gasteiger charge is -2.63. The van der Waals surface area contributed by atoms with Gasteiger partial charge >= 0.3 is 0 Å². The van der Waals surface area contributed by atoms with Crippen LogP contribution in [0.25, 0.3) is 0 Å². The molecule has 189 valence electrons. The monoisotopic (exact) mass is 469 g/mol. The van der Waals surface area contributed by atoms with E-state index < -0.39 is 17.7 Å². The summed E-state index contributed by atoms with van der Waals surface area (Å²) in [5.41, 5.74) is 1.68. The quantitative estimate of drug-likeness (QED) is 0.451. The lowest BCUT2D eigenvalue weighted by Crippen LogP contribution is -2.57. The maximum absolute atomic E-state index is 10.6. The van der Waals surface area contributed by atoms with Crippen molar-refractivity contribution in [3.05, 3.63) is 6.42 Å². The molecule has 3 spiro atoms. The van der Waals surface area contributed by atoms with Crippen LogP contribution < -0.4 is 0 Å². The van der Waals surface area contributed by atoms with Crippen LogP contribution in [0.2, 0.25) is 0 Å². The van der Waals surface area contributed by atoms with Crippen LogP contribution in [0.5, 0.6) is 0 Å². The predicted octanol–water partition coefficient (Wildman–Crippen LogP) is 5.87. The number of aliphatic hydroxyl groups is 1. The van der Waals surface area contributed by atoms with E-state index in [2.05, 4.69) is 41.0 Å². The van der Waals surface area contributed by atoms with Crippen molar-refractivity contribution in [1.82, 2.24) is 0 Å². The van der Waals surface area contributed by atoms with Gasteiger partial charge in [0.15, 0.2) is 6.29 Å². The van der Waals surface area contributed by atoms with Gasteiger partial charge in [-0.15, -0.1) is 0 Å². The Kier molecular flexibility index (Phi) is 3.73. The molecule has 1 N–H and O–H groups in total. The first-order valence-electron chi connectivity index (χ1n) is 14.4. The average Bonchev–Trinajstić information content (AvgIpc) is 3.57. The van der Waals surface area contributed by atoms with Crippen LogP contribution in [0.1, 0.15) is 99.3 Å².